The molecule has 3 nitrogen and oxygen atoms in total. The molecule has 110 valence electrons. The third kappa shape index (κ3) is 3.00. The highest BCUT2D eigenvalue weighted by molar-refractivity contribution is 5.37. The molecule has 1 aliphatic rings. The van der Waals surface area contributed by atoms with E-state index in [0.717, 1.165) is 12.2 Å². The van der Waals surface area contributed by atoms with Gasteiger partial charge in [-0.25, -0.2) is 4.39 Å². The lowest BCUT2D eigenvalue weighted by Gasteiger charge is -2.13. The Labute approximate surface area is 122 Å². The summed E-state index contributed by atoms with van der Waals surface area (Å²) in [7, 11) is 0. The zero-order valence-electron chi connectivity index (χ0n) is 11.8. The molecule has 0 amide bonds. The standard InChI is InChI=1S/C17H17FO3/c1-11(19)15-7-6-13(9-16(15)18)20-10-14-8-12-4-2-3-5-17(12)21-14/h2-7,9,11,14,19H,8,10H2,1H3/t11-,14?/m1/s1. The van der Waals surface area contributed by atoms with Crippen LogP contribution < -0.4 is 9.47 Å². The number of para-hydroxylation sites is 1. The smallest absolute Gasteiger partial charge is 0.137 e. The third-order valence-corrected chi connectivity index (χ3v) is 3.57. The number of benzene rings is 2. The molecule has 2 aromatic rings. The second-order valence-electron chi connectivity index (χ2n) is 5.22. The molecule has 21 heavy (non-hydrogen) atoms. The fourth-order valence-corrected chi connectivity index (χ4v) is 2.47. The number of fused-ring (bicyclic) bond motifs is 1. The maximum atomic E-state index is 13.7. The van der Waals surface area contributed by atoms with Gasteiger partial charge in [0.05, 0.1) is 6.10 Å². The van der Waals surface area contributed by atoms with Gasteiger partial charge >= 0.3 is 0 Å². The summed E-state index contributed by atoms with van der Waals surface area (Å²) in [5, 5.41) is 9.40. The molecule has 4 heteroatoms. The first-order valence-electron chi connectivity index (χ1n) is 6.98. The van der Waals surface area contributed by atoms with E-state index in [1.54, 1.807) is 12.1 Å². The molecule has 0 saturated carbocycles. The molecule has 1 N–H and O–H groups in total. The van der Waals surface area contributed by atoms with Gasteiger partial charge in [-0.2, -0.15) is 0 Å². The second kappa shape index (κ2) is 5.74. The molecule has 0 spiro atoms. The van der Waals surface area contributed by atoms with E-state index in [1.165, 1.54) is 18.6 Å². The van der Waals surface area contributed by atoms with Crippen molar-refractivity contribution in [3.63, 3.8) is 0 Å². The Balaban J connectivity index is 1.61. The maximum Gasteiger partial charge on any atom is 0.137 e. The van der Waals surface area contributed by atoms with Gasteiger partial charge in [0, 0.05) is 18.1 Å². The van der Waals surface area contributed by atoms with Crippen LogP contribution in [0.15, 0.2) is 42.5 Å². The molecule has 3 rings (SSSR count). The Morgan fingerprint density at radius 2 is 2.14 bits per heavy atom. The molecule has 0 radical (unpaired) electrons. The molecule has 0 aliphatic carbocycles. The SMILES string of the molecule is C[C@@H](O)c1ccc(OCC2Cc3ccccc3O2)cc1F. The van der Waals surface area contributed by atoms with Crippen LogP contribution in [0.2, 0.25) is 0 Å². The highest BCUT2D eigenvalue weighted by Gasteiger charge is 2.23. The number of hydrogen-bond acceptors (Lipinski definition) is 3. The number of rotatable bonds is 4. The van der Waals surface area contributed by atoms with Crippen LogP contribution in [-0.2, 0) is 6.42 Å². The van der Waals surface area contributed by atoms with Gasteiger partial charge in [0.25, 0.3) is 0 Å². The Hall–Kier alpha value is -2.07. The first-order valence-corrected chi connectivity index (χ1v) is 6.98. The highest BCUT2D eigenvalue weighted by Crippen LogP contribution is 2.29. The van der Waals surface area contributed by atoms with Gasteiger partial charge < -0.3 is 14.6 Å². The summed E-state index contributed by atoms with van der Waals surface area (Å²) in [6.45, 7) is 1.89. The van der Waals surface area contributed by atoms with Crippen molar-refractivity contribution in [1.82, 2.24) is 0 Å². The summed E-state index contributed by atoms with van der Waals surface area (Å²) in [5.41, 5.74) is 1.44. The van der Waals surface area contributed by atoms with Crippen molar-refractivity contribution in [3.8, 4) is 11.5 Å². The van der Waals surface area contributed by atoms with Gasteiger partial charge in [-0.1, -0.05) is 18.2 Å². The van der Waals surface area contributed by atoms with Crippen LogP contribution in [-0.4, -0.2) is 17.8 Å². The molecule has 2 aromatic carbocycles. The predicted octanol–water partition coefficient (Wildman–Crippen LogP) is 3.26. The van der Waals surface area contributed by atoms with E-state index in [1.807, 2.05) is 24.3 Å². The molecule has 2 atom stereocenters. The minimum Gasteiger partial charge on any atom is -0.490 e. The fraction of sp³-hybridized carbons (Fsp3) is 0.294. The topological polar surface area (TPSA) is 38.7 Å². The molecule has 0 fully saturated rings. The molecule has 1 unspecified atom stereocenters. The van der Waals surface area contributed by atoms with Crippen LogP contribution in [0.4, 0.5) is 4.39 Å². The van der Waals surface area contributed by atoms with Crippen LogP contribution in [0.3, 0.4) is 0 Å². The van der Waals surface area contributed by atoms with Crippen molar-refractivity contribution in [2.45, 2.75) is 25.6 Å². The first-order chi connectivity index (χ1) is 10.1. The van der Waals surface area contributed by atoms with Gasteiger partial charge in [0.15, 0.2) is 0 Å². The Bertz CT molecular complexity index is 615. The van der Waals surface area contributed by atoms with E-state index in [2.05, 4.69) is 0 Å². The quantitative estimate of drug-likeness (QED) is 0.938. The Morgan fingerprint density at radius 1 is 1.33 bits per heavy atom. The second-order valence-corrected chi connectivity index (χ2v) is 5.22. The van der Waals surface area contributed by atoms with Gasteiger partial charge in [-0.05, 0) is 30.7 Å². The summed E-state index contributed by atoms with van der Waals surface area (Å²) in [5.74, 6) is 0.872. The van der Waals surface area contributed by atoms with Crippen LogP contribution in [0.25, 0.3) is 0 Å². The van der Waals surface area contributed by atoms with Crippen molar-refractivity contribution in [2.24, 2.45) is 0 Å². The molecular weight excluding hydrogens is 271 g/mol. The van der Waals surface area contributed by atoms with Crippen LogP contribution >= 0.6 is 0 Å². The lowest BCUT2D eigenvalue weighted by Crippen LogP contribution is -2.22. The summed E-state index contributed by atoms with van der Waals surface area (Å²) >= 11 is 0. The van der Waals surface area contributed by atoms with Crippen LogP contribution in [0.1, 0.15) is 24.2 Å². The van der Waals surface area contributed by atoms with Crippen molar-refractivity contribution in [2.75, 3.05) is 6.61 Å². The highest BCUT2D eigenvalue weighted by atomic mass is 19.1. The van der Waals surface area contributed by atoms with Gasteiger partial charge in [-0.3, -0.25) is 0 Å². The predicted molar refractivity (Wildman–Crippen MR) is 77.1 cm³/mol. The monoisotopic (exact) mass is 288 g/mol. The van der Waals surface area contributed by atoms with E-state index in [9.17, 15) is 9.50 Å². The van der Waals surface area contributed by atoms with Crippen LogP contribution in [0, 0.1) is 5.82 Å². The van der Waals surface area contributed by atoms with E-state index in [-0.39, 0.29) is 11.7 Å². The zero-order chi connectivity index (χ0) is 14.8. The molecule has 0 aromatic heterocycles. The average Bonchev–Trinajstić information content (AvgIpc) is 2.87. The minimum absolute atomic E-state index is 0.0538. The lowest BCUT2D eigenvalue weighted by atomic mass is 10.1. The van der Waals surface area contributed by atoms with Gasteiger partial charge in [-0.15, -0.1) is 0 Å². The number of aliphatic hydroxyl groups is 1. The van der Waals surface area contributed by atoms with Crippen molar-refractivity contribution in [1.29, 1.82) is 0 Å². The molecule has 0 saturated heterocycles. The maximum absolute atomic E-state index is 13.7. The minimum atomic E-state index is -0.827. The van der Waals surface area contributed by atoms with Crippen molar-refractivity contribution in [3.05, 3.63) is 59.4 Å². The van der Waals surface area contributed by atoms with Crippen molar-refractivity contribution < 1.29 is 19.0 Å². The summed E-state index contributed by atoms with van der Waals surface area (Å²) < 4.78 is 25.1. The van der Waals surface area contributed by atoms with Crippen LogP contribution in [0.5, 0.6) is 11.5 Å². The molecular formula is C17H17FO3. The lowest BCUT2D eigenvalue weighted by molar-refractivity contribution is 0.148. The third-order valence-electron chi connectivity index (χ3n) is 3.57. The number of aliphatic hydroxyl groups excluding tert-OH is 1. The average molecular weight is 288 g/mol. The number of ether oxygens (including phenoxy) is 2. The summed E-state index contributed by atoms with van der Waals surface area (Å²) in [4.78, 5) is 0. The normalized spacial score (nSPS) is 18.0. The number of halogens is 1. The fourth-order valence-electron chi connectivity index (χ4n) is 2.47. The molecule has 1 aliphatic heterocycles. The van der Waals surface area contributed by atoms with E-state index in [0.29, 0.717) is 12.4 Å². The first kappa shape index (κ1) is 13.9. The Morgan fingerprint density at radius 3 is 2.86 bits per heavy atom. The Kier molecular flexibility index (Phi) is 3.80. The van der Waals surface area contributed by atoms with Gasteiger partial charge in [0.1, 0.15) is 30.0 Å². The van der Waals surface area contributed by atoms with Crippen molar-refractivity contribution >= 4 is 0 Å². The molecule has 1 heterocycles. The van der Waals surface area contributed by atoms with E-state index < -0.39 is 11.9 Å². The van der Waals surface area contributed by atoms with E-state index >= 15 is 0 Å². The summed E-state index contributed by atoms with van der Waals surface area (Å²) in [6.07, 6.45) is -0.0849. The molecule has 0 bridgehead atoms. The largest absolute Gasteiger partial charge is 0.490 e. The summed E-state index contributed by atoms with van der Waals surface area (Å²) in [6, 6.07) is 12.4. The van der Waals surface area contributed by atoms with Gasteiger partial charge in [0.2, 0.25) is 0 Å². The van der Waals surface area contributed by atoms with E-state index in [4.69, 9.17) is 9.47 Å². The number of hydrogen-bond donors (Lipinski definition) is 1. The zero-order valence-corrected chi connectivity index (χ0v) is 11.8.